The van der Waals surface area contributed by atoms with E-state index in [0.717, 1.165) is 5.56 Å². The summed E-state index contributed by atoms with van der Waals surface area (Å²) in [5.74, 6) is -1.98. The molecule has 2 unspecified atom stereocenters. The third-order valence-corrected chi connectivity index (χ3v) is 4.74. The van der Waals surface area contributed by atoms with E-state index in [1.54, 1.807) is 13.8 Å². The molecule has 0 fully saturated rings. The lowest BCUT2D eigenvalue weighted by molar-refractivity contribution is -0.135. The summed E-state index contributed by atoms with van der Waals surface area (Å²) in [6.07, 6.45) is -0.247. The van der Waals surface area contributed by atoms with Crippen LogP contribution in [0.15, 0.2) is 30.3 Å². The predicted octanol–water partition coefficient (Wildman–Crippen LogP) is -0.272. The molecule has 8 nitrogen and oxygen atoms in total. The van der Waals surface area contributed by atoms with E-state index >= 15 is 0 Å². The maximum absolute atomic E-state index is 12.8. The van der Waals surface area contributed by atoms with E-state index in [1.807, 2.05) is 30.3 Å². The summed E-state index contributed by atoms with van der Waals surface area (Å²) < 4.78 is 0. The second-order valence-corrected chi connectivity index (χ2v) is 7.54. The number of carbonyl (C=O) groups excluding carboxylic acids is 3. The first-order chi connectivity index (χ1) is 13.7. The molecular weight excluding hydrogens is 372 g/mol. The van der Waals surface area contributed by atoms with Gasteiger partial charge in [0.15, 0.2) is 5.78 Å². The van der Waals surface area contributed by atoms with E-state index in [4.69, 9.17) is 11.5 Å². The number of aliphatic hydroxyl groups excluding tert-OH is 1. The molecule has 0 saturated carbocycles. The minimum atomic E-state index is -1.20. The van der Waals surface area contributed by atoms with Crippen LogP contribution in [0.5, 0.6) is 0 Å². The third-order valence-electron chi connectivity index (χ3n) is 4.74. The normalized spacial score (nSPS) is 15.3. The van der Waals surface area contributed by atoms with Crippen molar-refractivity contribution in [3.8, 4) is 0 Å². The van der Waals surface area contributed by atoms with Gasteiger partial charge < -0.3 is 27.2 Å². The van der Waals surface area contributed by atoms with Crippen LogP contribution in [0.25, 0.3) is 0 Å². The van der Waals surface area contributed by atoms with Gasteiger partial charge in [-0.05, 0) is 31.9 Å². The van der Waals surface area contributed by atoms with Gasteiger partial charge in [0.25, 0.3) is 0 Å². The van der Waals surface area contributed by atoms with Gasteiger partial charge in [-0.25, -0.2) is 0 Å². The average Bonchev–Trinajstić information content (AvgIpc) is 2.69. The molecule has 29 heavy (non-hydrogen) atoms. The van der Waals surface area contributed by atoms with Crippen molar-refractivity contribution in [2.45, 2.75) is 51.8 Å². The van der Waals surface area contributed by atoms with Gasteiger partial charge in [0, 0.05) is 18.4 Å². The second-order valence-electron chi connectivity index (χ2n) is 7.54. The molecule has 0 saturated heterocycles. The first kappa shape index (κ1) is 24.7. The SMILES string of the molecule is CC(C)C(=O)[C@H](CN)NC(=O)[C@@H](NC(=O)C(CCN)Cc1ccccc1)C(C)O. The molecule has 2 amide bonds. The summed E-state index contributed by atoms with van der Waals surface area (Å²) in [5.41, 5.74) is 12.2. The van der Waals surface area contributed by atoms with Crippen LogP contribution in [-0.4, -0.2) is 54.0 Å². The fourth-order valence-corrected chi connectivity index (χ4v) is 3.01. The number of rotatable bonds is 12. The largest absolute Gasteiger partial charge is 0.391 e. The van der Waals surface area contributed by atoms with Gasteiger partial charge in [0.2, 0.25) is 11.8 Å². The molecule has 1 rings (SSSR count). The summed E-state index contributed by atoms with van der Waals surface area (Å²) in [7, 11) is 0. The molecule has 0 aliphatic carbocycles. The quantitative estimate of drug-likeness (QED) is 0.323. The van der Waals surface area contributed by atoms with Gasteiger partial charge in [0.05, 0.1) is 12.1 Å². The molecular formula is C21H34N4O4. The predicted molar refractivity (Wildman–Crippen MR) is 112 cm³/mol. The van der Waals surface area contributed by atoms with Crippen molar-refractivity contribution < 1.29 is 19.5 Å². The number of carbonyl (C=O) groups is 3. The zero-order chi connectivity index (χ0) is 22.0. The van der Waals surface area contributed by atoms with Gasteiger partial charge in [-0.15, -0.1) is 0 Å². The van der Waals surface area contributed by atoms with Crippen molar-refractivity contribution in [3.63, 3.8) is 0 Å². The monoisotopic (exact) mass is 406 g/mol. The first-order valence-electron chi connectivity index (χ1n) is 9.97. The molecule has 0 radical (unpaired) electrons. The standard InChI is InChI=1S/C21H34N4O4/c1-13(2)19(27)17(12-23)24-21(29)18(14(3)26)25-20(28)16(9-10-22)11-15-7-5-4-6-8-15/h4-8,13-14,16-18,26H,9-12,22-23H2,1-3H3,(H,24,29)(H,25,28)/t14?,16?,17-,18-/m0/s1. The fourth-order valence-electron chi connectivity index (χ4n) is 3.01. The smallest absolute Gasteiger partial charge is 0.245 e. The van der Waals surface area contributed by atoms with Crippen LogP contribution >= 0.6 is 0 Å². The van der Waals surface area contributed by atoms with E-state index in [1.165, 1.54) is 6.92 Å². The van der Waals surface area contributed by atoms with Gasteiger partial charge in [0.1, 0.15) is 6.04 Å². The molecule has 4 atom stereocenters. The minimum absolute atomic E-state index is 0.0625. The Hall–Kier alpha value is -2.29. The van der Waals surface area contributed by atoms with Crippen molar-refractivity contribution in [2.75, 3.05) is 13.1 Å². The molecule has 1 aromatic carbocycles. The number of nitrogens with one attached hydrogen (secondary N) is 2. The van der Waals surface area contributed by atoms with E-state index in [9.17, 15) is 19.5 Å². The summed E-state index contributed by atoms with van der Waals surface area (Å²) in [6.45, 7) is 5.08. The van der Waals surface area contributed by atoms with Gasteiger partial charge in [-0.2, -0.15) is 0 Å². The molecule has 0 bridgehead atoms. The van der Waals surface area contributed by atoms with Crippen LogP contribution < -0.4 is 22.1 Å². The molecule has 1 aromatic rings. The van der Waals surface area contributed by atoms with Crippen molar-refractivity contribution in [1.82, 2.24) is 10.6 Å². The summed E-state index contributed by atoms with van der Waals surface area (Å²) in [6, 6.07) is 7.42. The van der Waals surface area contributed by atoms with Gasteiger partial charge in [-0.1, -0.05) is 44.2 Å². The number of Topliss-reactive ketones (excluding diaryl/α,β-unsaturated/α-hetero) is 1. The van der Waals surface area contributed by atoms with Crippen LogP contribution in [0, 0.1) is 11.8 Å². The lowest BCUT2D eigenvalue weighted by atomic mass is 9.94. The van der Waals surface area contributed by atoms with Crippen LogP contribution in [-0.2, 0) is 20.8 Å². The molecule has 0 aliphatic rings. The van der Waals surface area contributed by atoms with Crippen molar-refractivity contribution >= 4 is 17.6 Å². The van der Waals surface area contributed by atoms with Crippen LogP contribution in [0.2, 0.25) is 0 Å². The topological polar surface area (TPSA) is 148 Å². The van der Waals surface area contributed by atoms with Crippen LogP contribution in [0.4, 0.5) is 0 Å². The molecule has 0 heterocycles. The molecule has 7 N–H and O–H groups in total. The summed E-state index contributed by atoms with van der Waals surface area (Å²) >= 11 is 0. The van der Waals surface area contributed by atoms with Gasteiger partial charge >= 0.3 is 0 Å². The fraction of sp³-hybridized carbons (Fsp3) is 0.571. The third kappa shape index (κ3) is 7.92. The highest BCUT2D eigenvalue weighted by Gasteiger charge is 2.31. The maximum atomic E-state index is 12.8. The highest BCUT2D eigenvalue weighted by Crippen LogP contribution is 2.13. The maximum Gasteiger partial charge on any atom is 0.245 e. The molecule has 0 aliphatic heterocycles. The number of nitrogens with two attached hydrogens (primary N) is 2. The van der Waals surface area contributed by atoms with E-state index < -0.39 is 30.0 Å². The van der Waals surface area contributed by atoms with Crippen molar-refractivity contribution in [2.24, 2.45) is 23.3 Å². The Labute approximate surface area is 172 Å². The summed E-state index contributed by atoms with van der Waals surface area (Å²) in [5, 5.41) is 15.2. The van der Waals surface area contributed by atoms with Gasteiger partial charge in [-0.3, -0.25) is 14.4 Å². The molecule has 8 heteroatoms. The molecule has 0 spiro atoms. The second kappa shape index (κ2) is 12.3. The summed E-state index contributed by atoms with van der Waals surface area (Å²) in [4.78, 5) is 37.6. The number of benzene rings is 1. The zero-order valence-electron chi connectivity index (χ0n) is 17.4. The Morgan fingerprint density at radius 2 is 1.62 bits per heavy atom. The molecule has 0 aromatic heterocycles. The van der Waals surface area contributed by atoms with E-state index in [-0.39, 0.29) is 24.2 Å². The Bertz CT molecular complexity index is 664. The Morgan fingerprint density at radius 1 is 1.00 bits per heavy atom. The highest BCUT2D eigenvalue weighted by atomic mass is 16.3. The minimum Gasteiger partial charge on any atom is -0.391 e. The number of hydrogen-bond donors (Lipinski definition) is 5. The zero-order valence-corrected chi connectivity index (χ0v) is 17.4. The van der Waals surface area contributed by atoms with Crippen molar-refractivity contribution in [1.29, 1.82) is 0 Å². The van der Waals surface area contributed by atoms with E-state index in [0.29, 0.717) is 19.4 Å². The van der Waals surface area contributed by atoms with Crippen LogP contribution in [0.3, 0.4) is 0 Å². The Morgan fingerprint density at radius 3 is 2.10 bits per heavy atom. The lowest BCUT2D eigenvalue weighted by Crippen LogP contribution is -2.58. The Kier molecular flexibility index (Phi) is 10.5. The highest BCUT2D eigenvalue weighted by molar-refractivity contribution is 5.94. The van der Waals surface area contributed by atoms with Crippen molar-refractivity contribution in [3.05, 3.63) is 35.9 Å². The number of aliphatic hydroxyl groups is 1. The lowest BCUT2D eigenvalue weighted by Gasteiger charge is -2.26. The Balaban J connectivity index is 2.87. The number of ketones is 1. The number of amides is 2. The average molecular weight is 407 g/mol. The van der Waals surface area contributed by atoms with Crippen LogP contribution in [0.1, 0.15) is 32.8 Å². The first-order valence-corrected chi connectivity index (χ1v) is 9.97. The van der Waals surface area contributed by atoms with E-state index in [2.05, 4.69) is 10.6 Å². The number of hydrogen-bond acceptors (Lipinski definition) is 6. The molecule has 162 valence electrons.